The zero-order valence-corrected chi connectivity index (χ0v) is 26.6. The number of rotatable bonds is 12. The first-order chi connectivity index (χ1) is 20.0. The molecule has 0 unspecified atom stereocenters. The summed E-state index contributed by atoms with van der Waals surface area (Å²) in [5.74, 6) is -0.907. The monoisotopic (exact) mass is 686 g/mol. The van der Waals surface area contributed by atoms with Crippen molar-refractivity contribution in [1.29, 1.82) is 0 Å². The topological polar surface area (TPSA) is 117 Å². The highest BCUT2D eigenvalue weighted by Gasteiger charge is 2.42. The molecule has 42 heavy (non-hydrogen) atoms. The highest BCUT2D eigenvalue weighted by Crippen LogP contribution is 2.26. The van der Waals surface area contributed by atoms with Crippen LogP contribution in [0.1, 0.15) is 43.2 Å². The van der Waals surface area contributed by atoms with Crippen LogP contribution in [0.3, 0.4) is 0 Å². The van der Waals surface area contributed by atoms with E-state index >= 15 is 0 Å². The molecule has 2 aliphatic rings. The van der Waals surface area contributed by atoms with Gasteiger partial charge in [0.25, 0.3) is 0 Å². The molecule has 9 nitrogen and oxygen atoms in total. The number of hydrogen-bond donors (Lipinski definition) is 3. The molecule has 0 saturated carbocycles. The summed E-state index contributed by atoms with van der Waals surface area (Å²) in [5.41, 5.74) is 1.15. The molecule has 4 rings (SSSR count). The van der Waals surface area contributed by atoms with Crippen molar-refractivity contribution in [1.82, 2.24) is 20.3 Å². The number of nitrogens with one attached hydrogen (secondary N) is 3. The normalized spacial score (nSPS) is 20.4. The van der Waals surface area contributed by atoms with E-state index in [0.29, 0.717) is 33.8 Å². The first kappa shape index (κ1) is 32.8. The van der Waals surface area contributed by atoms with E-state index in [4.69, 9.17) is 16.3 Å². The lowest BCUT2D eigenvalue weighted by atomic mass is 9.91. The summed E-state index contributed by atoms with van der Waals surface area (Å²) in [7, 11) is -3.71. The zero-order chi connectivity index (χ0) is 30.3. The van der Waals surface area contributed by atoms with E-state index in [1.165, 1.54) is 11.0 Å². The predicted octanol–water partition coefficient (Wildman–Crippen LogP) is 3.74. The molecule has 230 valence electrons. The molecule has 0 spiro atoms. The van der Waals surface area contributed by atoms with E-state index in [-0.39, 0.29) is 32.0 Å². The Balaban J connectivity index is 1.50. The highest BCUT2D eigenvalue weighted by atomic mass is 79.9. The Bertz CT molecular complexity index is 1360. The Morgan fingerprint density at radius 1 is 1.21 bits per heavy atom. The SMILES string of the molecule is CS(=O)(=O)N[C@H](CCC1CCNCC1)C(=O)N1C[C@H](OCc2ccc(Br)cc2F)C[C@H]1C(=O)NCc1cccc(Cl)c1. The minimum Gasteiger partial charge on any atom is -0.371 e. The van der Waals surface area contributed by atoms with Crippen LogP contribution < -0.4 is 15.4 Å². The van der Waals surface area contributed by atoms with Gasteiger partial charge < -0.3 is 20.3 Å². The van der Waals surface area contributed by atoms with E-state index in [9.17, 15) is 22.4 Å². The van der Waals surface area contributed by atoms with E-state index < -0.39 is 39.9 Å². The van der Waals surface area contributed by atoms with Gasteiger partial charge in [-0.05, 0) is 74.5 Å². The summed E-state index contributed by atoms with van der Waals surface area (Å²) in [5, 5.41) is 6.72. The Labute approximate surface area is 260 Å². The fourth-order valence-electron chi connectivity index (χ4n) is 5.47. The number of amides is 2. The second-order valence-electron chi connectivity index (χ2n) is 11.0. The van der Waals surface area contributed by atoms with Crippen molar-refractivity contribution >= 4 is 49.4 Å². The molecule has 3 atom stereocenters. The van der Waals surface area contributed by atoms with Crippen LogP contribution in [0.15, 0.2) is 46.9 Å². The Kier molecular flexibility index (Phi) is 11.8. The molecule has 0 aliphatic carbocycles. The smallest absolute Gasteiger partial charge is 0.243 e. The zero-order valence-electron chi connectivity index (χ0n) is 23.5. The van der Waals surface area contributed by atoms with Gasteiger partial charge in [-0.15, -0.1) is 0 Å². The van der Waals surface area contributed by atoms with Crippen LogP contribution in [0.5, 0.6) is 0 Å². The molecule has 2 fully saturated rings. The first-order valence-electron chi connectivity index (χ1n) is 14.0. The van der Waals surface area contributed by atoms with Crippen LogP contribution in [-0.4, -0.2) is 69.2 Å². The minimum atomic E-state index is -3.71. The molecule has 0 radical (unpaired) electrons. The summed E-state index contributed by atoms with van der Waals surface area (Å²) in [4.78, 5) is 28.8. The maximum absolute atomic E-state index is 14.4. The number of nitrogens with zero attached hydrogens (tertiary/aromatic N) is 1. The fourth-order valence-corrected chi connectivity index (χ4v) is 6.76. The quantitative estimate of drug-likeness (QED) is 0.313. The van der Waals surface area contributed by atoms with Gasteiger partial charge in [0.1, 0.15) is 17.9 Å². The third kappa shape index (κ3) is 9.72. The summed E-state index contributed by atoms with van der Waals surface area (Å²) in [6, 6.07) is 9.85. The van der Waals surface area contributed by atoms with Gasteiger partial charge >= 0.3 is 0 Å². The summed E-state index contributed by atoms with van der Waals surface area (Å²) in [6.07, 6.45) is 3.58. The van der Waals surface area contributed by atoms with Gasteiger partial charge in [0.15, 0.2) is 0 Å². The maximum Gasteiger partial charge on any atom is 0.243 e. The van der Waals surface area contributed by atoms with Crippen molar-refractivity contribution in [2.75, 3.05) is 25.9 Å². The van der Waals surface area contributed by atoms with Crippen molar-refractivity contribution in [3.05, 3.63) is 68.9 Å². The van der Waals surface area contributed by atoms with Crippen LogP contribution in [-0.2, 0) is 37.5 Å². The molecule has 2 aliphatic heterocycles. The number of benzene rings is 2. The third-order valence-corrected chi connectivity index (χ3v) is 9.11. The largest absolute Gasteiger partial charge is 0.371 e. The van der Waals surface area contributed by atoms with Crippen molar-refractivity contribution in [3.63, 3.8) is 0 Å². The van der Waals surface area contributed by atoms with Crippen LogP contribution in [0.4, 0.5) is 4.39 Å². The molecule has 2 aromatic rings. The van der Waals surface area contributed by atoms with Crippen molar-refractivity contribution in [2.45, 2.75) is 63.4 Å². The number of sulfonamides is 1. The number of carbonyl (C=O) groups is 2. The van der Waals surface area contributed by atoms with Crippen LogP contribution >= 0.6 is 27.5 Å². The van der Waals surface area contributed by atoms with Gasteiger partial charge in [-0.25, -0.2) is 17.5 Å². The van der Waals surface area contributed by atoms with Crippen LogP contribution in [0.25, 0.3) is 0 Å². The lowest BCUT2D eigenvalue weighted by Crippen LogP contribution is -2.53. The van der Waals surface area contributed by atoms with Crippen molar-refractivity contribution < 1.29 is 27.1 Å². The second-order valence-corrected chi connectivity index (χ2v) is 14.1. The fraction of sp³-hybridized carbons (Fsp3) is 0.517. The molecular weight excluding hydrogens is 651 g/mol. The molecular formula is C29H37BrClFN4O5S. The number of halogens is 3. The lowest BCUT2D eigenvalue weighted by Gasteiger charge is -2.30. The first-order valence-corrected chi connectivity index (χ1v) is 17.1. The number of piperidine rings is 1. The summed E-state index contributed by atoms with van der Waals surface area (Å²) >= 11 is 9.32. The predicted molar refractivity (Wildman–Crippen MR) is 163 cm³/mol. The van der Waals surface area contributed by atoms with E-state index in [1.807, 2.05) is 6.07 Å². The maximum atomic E-state index is 14.4. The molecule has 3 N–H and O–H groups in total. The number of hydrogen-bond acceptors (Lipinski definition) is 6. The molecule has 2 amide bonds. The Morgan fingerprint density at radius 3 is 2.67 bits per heavy atom. The molecule has 2 saturated heterocycles. The molecule has 2 heterocycles. The number of likely N-dealkylation sites (tertiary alicyclic amines) is 1. The molecule has 0 aromatic heterocycles. The van der Waals surface area contributed by atoms with Gasteiger partial charge in [-0.1, -0.05) is 45.7 Å². The van der Waals surface area contributed by atoms with Gasteiger partial charge in [-0.2, -0.15) is 0 Å². The average Bonchev–Trinajstić information content (AvgIpc) is 3.37. The van der Waals surface area contributed by atoms with Gasteiger partial charge in [0.05, 0.1) is 19.0 Å². The molecule has 0 bridgehead atoms. The van der Waals surface area contributed by atoms with Crippen LogP contribution in [0, 0.1) is 11.7 Å². The third-order valence-electron chi connectivity index (χ3n) is 7.67. The standard InChI is InChI=1S/C29H37BrClFN4O5S/c1-42(39,40)35-26(8-5-19-9-11-33-12-10-19)29(38)36-17-24(41-18-21-6-7-22(30)14-25(21)32)15-27(36)28(37)34-16-20-3-2-4-23(31)13-20/h2-4,6-7,13-14,19,24,26-27,33,35H,5,8-12,15-18H2,1H3,(H,34,37)/t24-,26-,27+/m1/s1. The lowest BCUT2D eigenvalue weighted by molar-refractivity contribution is -0.140. The average molecular weight is 688 g/mol. The highest BCUT2D eigenvalue weighted by molar-refractivity contribution is 9.10. The minimum absolute atomic E-state index is 0.0383. The molecule has 2 aromatic carbocycles. The molecule has 13 heteroatoms. The summed E-state index contributed by atoms with van der Waals surface area (Å²) in [6.45, 7) is 2.02. The van der Waals surface area contributed by atoms with E-state index in [2.05, 4.69) is 31.3 Å². The van der Waals surface area contributed by atoms with Gasteiger partial charge in [-0.3, -0.25) is 9.59 Å². The Hall–Kier alpha value is -2.09. The Morgan fingerprint density at radius 2 is 1.98 bits per heavy atom. The van der Waals surface area contributed by atoms with E-state index in [0.717, 1.165) is 37.8 Å². The number of carbonyl (C=O) groups excluding carboxylic acids is 2. The van der Waals surface area contributed by atoms with Crippen LogP contribution in [0.2, 0.25) is 5.02 Å². The second kappa shape index (κ2) is 15.1. The number of ether oxygens (including phenoxy) is 1. The van der Waals surface area contributed by atoms with E-state index in [1.54, 1.807) is 30.3 Å². The van der Waals surface area contributed by atoms with Crippen molar-refractivity contribution in [3.8, 4) is 0 Å². The van der Waals surface area contributed by atoms with Crippen molar-refractivity contribution in [2.24, 2.45) is 5.92 Å². The van der Waals surface area contributed by atoms with Gasteiger partial charge in [0, 0.05) is 34.6 Å². The summed E-state index contributed by atoms with van der Waals surface area (Å²) < 4.78 is 48.0. The van der Waals surface area contributed by atoms with Gasteiger partial charge in [0.2, 0.25) is 21.8 Å².